The van der Waals surface area contributed by atoms with Gasteiger partial charge in [0.15, 0.2) is 0 Å². The van der Waals surface area contributed by atoms with E-state index < -0.39 is 0 Å². The Balaban J connectivity index is 2.32. The summed E-state index contributed by atoms with van der Waals surface area (Å²) in [5, 5.41) is 3.18. The number of hydrogen-bond donors (Lipinski definition) is 2. The number of primary amides is 1. The molecule has 4 heteroatoms. The molecule has 1 heterocycles. The van der Waals surface area contributed by atoms with Gasteiger partial charge in [0.2, 0.25) is 5.91 Å². The lowest BCUT2D eigenvalue weighted by atomic mass is 9.99. The van der Waals surface area contributed by atoms with E-state index in [4.69, 9.17) is 5.73 Å². The minimum Gasteiger partial charge on any atom is -0.370 e. The first kappa shape index (κ1) is 12.5. The first-order valence-electron chi connectivity index (χ1n) is 5.91. The molecule has 1 fully saturated rings. The van der Waals surface area contributed by atoms with Crippen molar-refractivity contribution in [2.75, 3.05) is 26.7 Å². The van der Waals surface area contributed by atoms with Crippen LogP contribution in [0, 0.1) is 0 Å². The fourth-order valence-electron chi connectivity index (χ4n) is 2.25. The molecule has 4 nitrogen and oxygen atoms in total. The number of nitrogens with one attached hydrogen (secondary N) is 1. The summed E-state index contributed by atoms with van der Waals surface area (Å²) in [6.45, 7) is 3.02. The van der Waals surface area contributed by atoms with E-state index in [-0.39, 0.29) is 5.91 Å². The molecule has 0 saturated carbocycles. The Morgan fingerprint density at radius 1 is 1.53 bits per heavy atom. The molecule has 0 bridgehead atoms. The first-order chi connectivity index (χ1) is 7.24. The predicted molar refractivity (Wildman–Crippen MR) is 61.6 cm³/mol. The molecule has 1 amide bonds. The highest BCUT2D eigenvalue weighted by atomic mass is 16.1. The van der Waals surface area contributed by atoms with E-state index in [0.29, 0.717) is 12.5 Å². The highest BCUT2D eigenvalue weighted by molar-refractivity contribution is 5.73. The molecule has 1 saturated heterocycles. The molecule has 0 spiro atoms. The molecule has 0 aromatic carbocycles. The van der Waals surface area contributed by atoms with Crippen LogP contribution in [0.25, 0.3) is 0 Å². The number of likely N-dealkylation sites (tertiary alicyclic amines) is 1. The van der Waals surface area contributed by atoms with Gasteiger partial charge >= 0.3 is 0 Å². The number of nitrogens with zero attached hydrogens (tertiary/aromatic N) is 1. The van der Waals surface area contributed by atoms with Crippen molar-refractivity contribution in [3.05, 3.63) is 0 Å². The fourth-order valence-corrected chi connectivity index (χ4v) is 2.25. The lowest BCUT2D eigenvalue weighted by Crippen LogP contribution is -2.42. The maximum Gasteiger partial charge on any atom is 0.218 e. The van der Waals surface area contributed by atoms with Crippen LogP contribution in [0.1, 0.15) is 32.1 Å². The minimum atomic E-state index is -0.187. The van der Waals surface area contributed by atoms with Gasteiger partial charge in [-0.25, -0.2) is 0 Å². The van der Waals surface area contributed by atoms with Gasteiger partial charge in [-0.05, 0) is 39.4 Å². The van der Waals surface area contributed by atoms with Gasteiger partial charge in [0.05, 0.1) is 0 Å². The van der Waals surface area contributed by atoms with Crippen molar-refractivity contribution in [3.63, 3.8) is 0 Å². The second-order valence-corrected chi connectivity index (χ2v) is 4.29. The number of piperidine rings is 1. The molecular weight excluding hydrogens is 190 g/mol. The van der Waals surface area contributed by atoms with Crippen molar-refractivity contribution in [2.24, 2.45) is 5.73 Å². The zero-order chi connectivity index (χ0) is 11.1. The third-order valence-electron chi connectivity index (χ3n) is 3.12. The highest BCUT2D eigenvalue weighted by Crippen LogP contribution is 2.19. The van der Waals surface area contributed by atoms with Crippen LogP contribution in [0.5, 0.6) is 0 Å². The number of nitrogens with two attached hydrogens (primary N) is 1. The van der Waals surface area contributed by atoms with Crippen LogP contribution in [0.4, 0.5) is 0 Å². The molecule has 3 N–H and O–H groups in total. The van der Waals surface area contributed by atoms with Crippen molar-refractivity contribution in [1.82, 2.24) is 10.2 Å². The van der Waals surface area contributed by atoms with Gasteiger partial charge in [-0.2, -0.15) is 0 Å². The number of hydrogen-bond acceptors (Lipinski definition) is 3. The number of carbonyl (C=O) groups is 1. The second kappa shape index (κ2) is 6.80. The van der Waals surface area contributed by atoms with E-state index in [0.717, 1.165) is 19.6 Å². The molecule has 0 aromatic heterocycles. The van der Waals surface area contributed by atoms with Crippen LogP contribution in [0.3, 0.4) is 0 Å². The van der Waals surface area contributed by atoms with Crippen molar-refractivity contribution in [1.29, 1.82) is 0 Å². The molecule has 1 atom stereocenters. The molecule has 0 aliphatic carbocycles. The van der Waals surface area contributed by atoms with Crippen LogP contribution in [0.15, 0.2) is 0 Å². The third kappa shape index (κ3) is 4.62. The van der Waals surface area contributed by atoms with E-state index in [9.17, 15) is 4.79 Å². The van der Waals surface area contributed by atoms with E-state index in [1.165, 1.54) is 25.7 Å². The maximum atomic E-state index is 10.7. The van der Waals surface area contributed by atoms with Crippen LogP contribution >= 0.6 is 0 Å². The summed E-state index contributed by atoms with van der Waals surface area (Å²) < 4.78 is 0. The standard InChI is InChI=1S/C11H23N3O/c1-13-7-5-10-4-2-3-8-14(10)9-6-11(12)15/h10,13H,2-9H2,1H3,(H2,12,15). The van der Waals surface area contributed by atoms with Crippen LogP contribution in [-0.4, -0.2) is 43.5 Å². The Labute approximate surface area is 92.2 Å². The molecule has 15 heavy (non-hydrogen) atoms. The van der Waals surface area contributed by atoms with Gasteiger partial charge in [0.1, 0.15) is 0 Å². The van der Waals surface area contributed by atoms with Gasteiger partial charge in [0, 0.05) is 19.0 Å². The van der Waals surface area contributed by atoms with Crippen LogP contribution in [0.2, 0.25) is 0 Å². The molecule has 88 valence electrons. The molecule has 1 rings (SSSR count). The van der Waals surface area contributed by atoms with Crippen molar-refractivity contribution in [2.45, 2.75) is 38.1 Å². The summed E-state index contributed by atoms with van der Waals surface area (Å²) in [6, 6.07) is 0.644. The summed E-state index contributed by atoms with van der Waals surface area (Å²) in [7, 11) is 1.98. The summed E-state index contributed by atoms with van der Waals surface area (Å²) in [5.74, 6) is -0.187. The Bertz CT molecular complexity index is 196. The third-order valence-corrected chi connectivity index (χ3v) is 3.12. The Hall–Kier alpha value is -0.610. The maximum absolute atomic E-state index is 10.7. The fraction of sp³-hybridized carbons (Fsp3) is 0.909. The second-order valence-electron chi connectivity index (χ2n) is 4.29. The molecule has 0 radical (unpaired) electrons. The lowest BCUT2D eigenvalue weighted by Gasteiger charge is -2.35. The largest absolute Gasteiger partial charge is 0.370 e. The van der Waals surface area contributed by atoms with Gasteiger partial charge < -0.3 is 11.1 Å². The number of amides is 1. The monoisotopic (exact) mass is 213 g/mol. The quantitative estimate of drug-likeness (QED) is 0.668. The van der Waals surface area contributed by atoms with E-state index in [1.54, 1.807) is 0 Å². The first-order valence-corrected chi connectivity index (χ1v) is 5.91. The predicted octanol–water partition coefficient (Wildman–Crippen LogP) is 0.326. The van der Waals surface area contributed by atoms with Crippen molar-refractivity contribution < 1.29 is 4.79 Å². The topological polar surface area (TPSA) is 58.4 Å². The van der Waals surface area contributed by atoms with Crippen LogP contribution in [-0.2, 0) is 4.79 Å². The zero-order valence-corrected chi connectivity index (χ0v) is 9.67. The van der Waals surface area contributed by atoms with E-state index in [2.05, 4.69) is 10.2 Å². The minimum absolute atomic E-state index is 0.187. The SMILES string of the molecule is CNCCC1CCCCN1CCC(N)=O. The lowest BCUT2D eigenvalue weighted by molar-refractivity contribution is -0.118. The summed E-state index contributed by atoms with van der Waals surface area (Å²) in [5.41, 5.74) is 5.18. The molecular formula is C11H23N3O. The van der Waals surface area contributed by atoms with E-state index in [1.807, 2.05) is 7.05 Å². The number of carbonyl (C=O) groups excluding carboxylic acids is 1. The van der Waals surface area contributed by atoms with Gasteiger partial charge in [-0.1, -0.05) is 6.42 Å². The molecule has 1 unspecified atom stereocenters. The normalized spacial score (nSPS) is 22.9. The zero-order valence-electron chi connectivity index (χ0n) is 9.67. The van der Waals surface area contributed by atoms with Crippen molar-refractivity contribution >= 4 is 5.91 Å². The Morgan fingerprint density at radius 2 is 2.33 bits per heavy atom. The molecule has 1 aliphatic rings. The summed E-state index contributed by atoms with van der Waals surface area (Å²) in [4.78, 5) is 13.2. The van der Waals surface area contributed by atoms with Gasteiger partial charge in [-0.3, -0.25) is 9.69 Å². The van der Waals surface area contributed by atoms with Gasteiger partial charge in [0.25, 0.3) is 0 Å². The Morgan fingerprint density at radius 3 is 3.00 bits per heavy atom. The van der Waals surface area contributed by atoms with E-state index >= 15 is 0 Å². The van der Waals surface area contributed by atoms with Gasteiger partial charge in [-0.15, -0.1) is 0 Å². The molecule has 0 aromatic rings. The smallest absolute Gasteiger partial charge is 0.218 e. The average Bonchev–Trinajstić information content (AvgIpc) is 2.24. The average molecular weight is 213 g/mol. The molecule has 1 aliphatic heterocycles. The highest BCUT2D eigenvalue weighted by Gasteiger charge is 2.21. The summed E-state index contributed by atoms with van der Waals surface area (Å²) >= 11 is 0. The summed E-state index contributed by atoms with van der Waals surface area (Å²) in [6.07, 6.45) is 5.52. The van der Waals surface area contributed by atoms with Crippen molar-refractivity contribution in [3.8, 4) is 0 Å². The number of rotatable bonds is 6. The van der Waals surface area contributed by atoms with Crippen LogP contribution < -0.4 is 11.1 Å². The Kier molecular flexibility index (Phi) is 5.65.